The van der Waals surface area contributed by atoms with E-state index in [0.29, 0.717) is 17.3 Å². The lowest BCUT2D eigenvalue weighted by Crippen LogP contribution is -2.45. The number of aromatic nitrogens is 2. The Balaban J connectivity index is 1.91. The van der Waals surface area contributed by atoms with Gasteiger partial charge < -0.3 is 4.90 Å². The second-order valence-electron chi connectivity index (χ2n) is 7.50. The minimum absolute atomic E-state index is 0.0397. The lowest BCUT2D eigenvalue weighted by Gasteiger charge is -2.25. The number of nitrogens with zero attached hydrogens (tertiary/aromatic N) is 3. The van der Waals surface area contributed by atoms with Crippen molar-refractivity contribution in [3.05, 3.63) is 81.0 Å². The molecule has 6 nitrogen and oxygen atoms in total. The van der Waals surface area contributed by atoms with E-state index in [1.165, 1.54) is 9.13 Å². The molecule has 6 heteroatoms. The molecule has 2 aromatic carbocycles. The Morgan fingerprint density at radius 2 is 1.62 bits per heavy atom. The molecule has 0 radical (unpaired) electrons. The van der Waals surface area contributed by atoms with E-state index in [1.807, 2.05) is 42.2 Å². The van der Waals surface area contributed by atoms with E-state index in [-0.39, 0.29) is 18.0 Å². The molecule has 1 aliphatic heterocycles. The van der Waals surface area contributed by atoms with Crippen molar-refractivity contribution < 1.29 is 4.79 Å². The molecular weight excluding hydrogens is 366 g/mol. The summed E-state index contributed by atoms with van der Waals surface area (Å²) in [6.07, 6.45) is 2.47. The molecule has 0 bridgehead atoms. The van der Waals surface area contributed by atoms with Gasteiger partial charge in [0.05, 0.1) is 17.4 Å². The molecule has 0 N–H and O–H groups in total. The summed E-state index contributed by atoms with van der Waals surface area (Å²) in [6, 6.07) is 15.9. The van der Waals surface area contributed by atoms with E-state index >= 15 is 0 Å². The first kappa shape index (κ1) is 19.2. The van der Waals surface area contributed by atoms with Crippen LogP contribution >= 0.6 is 0 Å². The van der Waals surface area contributed by atoms with Gasteiger partial charge in [-0.3, -0.25) is 18.7 Å². The summed E-state index contributed by atoms with van der Waals surface area (Å²) < 4.78 is 2.78. The maximum absolute atomic E-state index is 13.5. The maximum Gasteiger partial charge on any atom is 0.332 e. The van der Waals surface area contributed by atoms with Crippen LogP contribution in [0.4, 0.5) is 0 Å². The SMILES string of the molecule is CC[C@@H](C(=O)N1CCCC1)n1c(=O)n(Cc2ccccc2)c(=O)c2ccccc21. The van der Waals surface area contributed by atoms with E-state index < -0.39 is 11.7 Å². The van der Waals surface area contributed by atoms with Gasteiger partial charge in [0.25, 0.3) is 5.56 Å². The third-order valence-electron chi connectivity index (χ3n) is 5.66. The lowest BCUT2D eigenvalue weighted by atomic mass is 10.1. The van der Waals surface area contributed by atoms with Gasteiger partial charge in [-0.05, 0) is 37.0 Å². The zero-order valence-electron chi connectivity index (χ0n) is 16.6. The number of carbonyl (C=O) groups excluding carboxylic acids is 1. The first-order chi connectivity index (χ1) is 14.1. The summed E-state index contributed by atoms with van der Waals surface area (Å²) >= 11 is 0. The topological polar surface area (TPSA) is 64.3 Å². The van der Waals surface area contributed by atoms with Crippen LogP contribution in [0, 0.1) is 0 Å². The zero-order chi connectivity index (χ0) is 20.4. The Morgan fingerprint density at radius 3 is 2.31 bits per heavy atom. The van der Waals surface area contributed by atoms with Gasteiger partial charge >= 0.3 is 5.69 Å². The van der Waals surface area contributed by atoms with Crippen LogP contribution in [0.1, 0.15) is 37.8 Å². The molecule has 1 saturated heterocycles. The van der Waals surface area contributed by atoms with Crippen LogP contribution in [-0.4, -0.2) is 33.0 Å². The fourth-order valence-corrected chi connectivity index (χ4v) is 4.15. The Morgan fingerprint density at radius 1 is 0.966 bits per heavy atom. The van der Waals surface area contributed by atoms with Crippen LogP contribution in [0.15, 0.2) is 64.2 Å². The van der Waals surface area contributed by atoms with Gasteiger partial charge in [0, 0.05) is 13.1 Å². The molecule has 1 fully saturated rings. The molecule has 0 aliphatic carbocycles. The molecule has 0 spiro atoms. The number of carbonyl (C=O) groups is 1. The molecule has 0 unspecified atom stereocenters. The van der Waals surface area contributed by atoms with E-state index in [2.05, 4.69) is 0 Å². The smallest absolute Gasteiger partial charge is 0.332 e. The Bertz CT molecular complexity index is 1140. The monoisotopic (exact) mass is 391 g/mol. The summed E-state index contributed by atoms with van der Waals surface area (Å²) in [5, 5.41) is 0.454. The van der Waals surface area contributed by atoms with E-state index in [4.69, 9.17) is 0 Å². The summed E-state index contributed by atoms with van der Waals surface area (Å²) in [7, 11) is 0. The molecule has 0 saturated carbocycles. The van der Waals surface area contributed by atoms with Crippen molar-refractivity contribution in [1.82, 2.24) is 14.0 Å². The predicted octanol–water partition coefficient (Wildman–Crippen LogP) is 2.79. The number of para-hydroxylation sites is 1. The van der Waals surface area contributed by atoms with Crippen molar-refractivity contribution in [2.75, 3.05) is 13.1 Å². The van der Waals surface area contributed by atoms with Crippen molar-refractivity contribution in [2.24, 2.45) is 0 Å². The molecular formula is C23H25N3O3. The van der Waals surface area contributed by atoms with Crippen molar-refractivity contribution >= 4 is 16.8 Å². The van der Waals surface area contributed by atoms with Gasteiger partial charge in [0.2, 0.25) is 5.91 Å². The Labute approximate surface area is 169 Å². The van der Waals surface area contributed by atoms with Gasteiger partial charge in [-0.25, -0.2) is 4.79 Å². The second kappa shape index (κ2) is 8.07. The summed E-state index contributed by atoms with van der Waals surface area (Å²) in [5.41, 5.74) is 0.629. The lowest BCUT2D eigenvalue weighted by molar-refractivity contribution is -0.133. The van der Waals surface area contributed by atoms with Crippen molar-refractivity contribution in [3.8, 4) is 0 Å². The molecule has 1 aliphatic rings. The molecule has 29 heavy (non-hydrogen) atoms. The van der Waals surface area contributed by atoms with Gasteiger partial charge in [-0.15, -0.1) is 0 Å². The molecule has 1 aromatic heterocycles. The Kier molecular flexibility index (Phi) is 5.34. The molecule has 2 heterocycles. The van der Waals surface area contributed by atoms with Crippen LogP contribution < -0.4 is 11.2 Å². The molecule has 4 rings (SSSR count). The zero-order valence-corrected chi connectivity index (χ0v) is 16.6. The summed E-state index contributed by atoms with van der Waals surface area (Å²) in [6.45, 7) is 3.54. The van der Waals surface area contributed by atoms with Crippen molar-refractivity contribution in [3.63, 3.8) is 0 Å². The standard InChI is InChI=1S/C23H25N3O3/c1-2-19(22(28)24-14-8-9-15-24)26-20-13-7-6-12-18(20)21(27)25(23(26)29)16-17-10-4-3-5-11-17/h3-7,10-13,19H,2,8-9,14-16H2,1H3/t19-/m0/s1. The maximum atomic E-state index is 13.5. The van der Waals surface area contributed by atoms with Crippen LogP contribution in [0.25, 0.3) is 10.9 Å². The van der Waals surface area contributed by atoms with Crippen molar-refractivity contribution in [1.29, 1.82) is 0 Å². The molecule has 3 aromatic rings. The number of benzene rings is 2. The third-order valence-corrected chi connectivity index (χ3v) is 5.66. The van der Waals surface area contributed by atoms with Gasteiger partial charge in [0.1, 0.15) is 6.04 Å². The largest absolute Gasteiger partial charge is 0.341 e. The molecule has 150 valence electrons. The number of hydrogen-bond acceptors (Lipinski definition) is 3. The summed E-state index contributed by atoms with van der Waals surface area (Å²) in [5.74, 6) is -0.0397. The quantitative estimate of drug-likeness (QED) is 0.672. The van der Waals surface area contributed by atoms with Crippen LogP contribution in [0.5, 0.6) is 0 Å². The minimum Gasteiger partial charge on any atom is -0.341 e. The minimum atomic E-state index is -0.617. The molecule has 1 atom stereocenters. The number of rotatable bonds is 5. The second-order valence-corrected chi connectivity index (χ2v) is 7.50. The number of amides is 1. The van der Waals surface area contributed by atoms with Gasteiger partial charge in [-0.2, -0.15) is 0 Å². The first-order valence-electron chi connectivity index (χ1n) is 10.2. The third kappa shape index (κ3) is 3.50. The van der Waals surface area contributed by atoms with Crippen LogP contribution in [0.2, 0.25) is 0 Å². The van der Waals surface area contributed by atoms with E-state index in [1.54, 1.807) is 24.3 Å². The van der Waals surface area contributed by atoms with E-state index in [0.717, 1.165) is 31.5 Å². The first-order valence-corrected chi connectivity index (χ1v) is 10.2. The number of hydrogen-bond donors (Lipinski definition) is 0. The van der Waals surface area contributed by atoms with Gasteiger partial charge in [0.15, 0.2) is 0 Å². The highest BCUT2D eigenvalue weighted by molar-refractivity contribution is 5.84. The highest BCUT2D eigenvalue weighted by Gasteiger charge is 2.29. The summed E-state index contributed by atoms with van der Waals surface area (Å²) in [4.78, 5) is 41.6. The highest BCUT2D eigenvalue weighted by atomic mass is 16.2. The fraction of sp³-hybridized carbons (Fsp3) is 0.348. The number of likely N-dealkylation sites (tertiary alicyclic amines) is 1. The van der Waals surface area contributed by atoms with Crippen LogP contribution in [-0.2, 0) is 11.3 Å². The van der Waals surface area contributed by atoms with Crippen LogP contribution in [0.3, 0.4) is 0 Å². The fourth-order valence-electron chi connectivity index (χ4n) is 4.15. The van der Waals surface area contributed by atoms with Crippen molar-refractivity contribution in [2.45, 2.75) is 38.8 Å². The van der Waals surface area contributed by atoms with Gasteiger partial charge in [-0.1, -0.05) is 49.4 Å². The highest BCUT2D eigenvalue weighted by Crippen LogP contribution is 2.21. The average molecular weight is 391 g/mol. The Hall–Kier alpha value is -3.15. The number of fused-ring (bicyclic) bond motifs is 1. The average Bonchev–Trinajstić information content (AvgIpc) is 3.29. The molecule has 1 amide bonds. The van der Waals surface area contributed by atoms with E-state index in [9.17, 15) is 14.4 Å². The predicted molar refractivity (Wildman–Crippen MR) is 113 cm³/mol. The normalized spacial score (nSPS) is 15.0.